The smallest absolute Gasteiger partial charge is 0.240 e. The second kappa shape index (κ2) is 7.20. The van der Waals surface area contributed by atoms with E-state index in [0.29, 0.717) is 13.1 Å². The molecule has 6 heteroatoms. The lowest BCUT2D eigenvalue weighted by Crippen LogP contribution is -3.16. The number of piperazine rings is 1. The number of imide groups is 1. The molecule has 0 radical (unpaired) electrons. The molecule has 1 saturated carbocycles. The van der Waals surface area contributed by atoms with Crippen molar-refractivity contribution in [3.8, 4) is 0 Å². The number of halogens is 1. The SMILES string of the molecule is O=C1CC2(CCCCC2)C(=O)N1C[NH+]1CCN(c2cccc(Cl)c2)CC1. The second-order valence-corrected chi connectivity index (χ2v) is 8.46. The van der Waals surface area contributed by atoms with Crippen molar-refractivity contribution in [3.05, 3.63) is 29.3 Å². The van der Waals surface area contributed by atoms with Gasteiger partial charge in [0, 0.05) is 17.1 Å². The van der Waals surface area contributed by atoms with Crippen molar-refractivity contribution in [1.29, 1.82) is 0 Å². The summed E-state index contributed by atoms with van der Waals surface area (Å²) in [6.07, 6.45) is 5.58. The lowest BCUT2D eigenvalue weighted by molar-refractivity contribution is -0.908. The van der Waals surface area contributed by atoms with E-state index in [1.165, 1.54) is 11.3 Å². The maximum atomic E-state index is 13.0. The minimum absolute atomic E-state index is 0.0432. The first-order valence-electron chi connectivity index (χ1n) is 9.76. The molecule has 140 valence electrons. The molecule has 2 aliphatic heterocycles. The number of hydrogen-bond acceptors (Lipinski definition) is 3. The highest BCUT2D eigenvalue weighted by atomic mass is 35.5. The van der Waals surface area contributed by atoms with Crippen LogP contribution in [0, 0.1) is 5.41 Å². The van der Waals surface area contributed by atoms with Crippen LogP contribution in [0.25, 0.3) is 0 Å². The highest BCUT2D eigenvalue weighted by molar-refractivity contribution is 6.30. The third kappa shape index (κ3) is 3.35. The zero-order chi connectivity index (χ0) is 18.1. The molecular formula is C20H27ClN3O2+. The molecular weight excluding hydrogens is 350 g/mol. The van der Waals surface area contributed by atoms with Crippen molar-refractivity contribution in [2.45, 2.75) is 38.5 Å². The van der Waals surface area contributed by atoms with Crippen LogP contribution in [-0.4, -0.2) is 49.6 Å². The summed E-state index contributed by atoms with van der Waals surface area (Å²) in [5.41, 5.74) is 0.781. The fraction of sp³-hybridized carbons (Fsp3) is 0.600. The van der Waals surface area contributed by atoms with Gasteiger partial charge in [0.25, 0.3) is 0 Å². The van der Waals surface area contributed by atoms with Crippen molar-refractivity contribution in [2.24, 2.45) is 5.41 Å². The summed E-state index contributed by atoms with van der Waals surface area (Å²) in [6, 6.07) is 7.93. The molecule has 4 rings (SSSR count). The number of hydrogen-bond donors (Lipinski definition) is 1. The molecule has 1 aliphatic carbocycles. The molecule has 5 nitrogen and oxygen atoms in total. The molecule has 1 aromatic rings. The van der Waals surface area contributed by atoms with E-state index < -0.39 is 0 Å². The fourth-order valence-corrected chi connectivity index (χ4v) is 4.96. The molecule has 1 spiro atoms. The van der Waals surface area contributed by atoms with Crippen LogP contribution in [0.5, 0.6) is 0 Å². The first-order valence-corrected chi connectivity index (χ1v) is 10.1. The predicted molar refractivity (Wildman–Crippen MR) is 101 cm³/mol. The standard InChI is InChI=1S/C20H26ClN3O2/c21-16-5-4-6-17(13-16)23-11-9-22(10-12-23)15-24-18(25)14-20(19(24)26)7-2-1-3-8-20/h4-6,13H,1-3,7-12,14-15H2/p+1. The highest BCUT2D eigenvalue weighted by Crippen LogP contribution is 2.44. The predicted octanol–water partition coefficient (Wildman–Crippen LogP) is 1.71. The van der Waals surface area contributed by atoms with Crippen molar-refractivity contribution >= 4 is 29.1 Å². The van der Waals surface area contributed by atoms with Crippen LogP contribution in [0.2, 0.25) is 5.02 Å². The Balaban J connectivity index is 1.35. The van der Waals surface area contributed by atoms with Gasteiger partial charge < -0.3 is 9.80 Å². The lowest BCUT2D eigenvalue weighted by atomic mass is 9.73. The molecule has 3 fully saturated rings. The molecule has 1 N–H and O–H groups in total. The van der Waals surface area contributed by atoms with E-state index in [9.17, 15) is 9.59 Å². The van der Waals surface area contributed by atoms with Gasteiger partial charge in [0.15, 0.2) is 6.67 Å². The van der Waals surface area contributed by atoms with E-state index in [-0.39, 0.29) is 17.2 Å². The number of likely N-dealkylation sites (tertiary alicyclic amines) is 1. The maximum absolute atomic E-state index is 13.0. The molecule has 26 heavy (non-hydrogen) atoms. The molecule has 2 amide bonds. The van der Waals surface area contributed by atoms with Crippen LogP contribution < -0.4 is 9.80 Å². The number of anilines is 1. The molecule has 3 aliphatic rings. The number of carbonyl (C=O) groups excluding carboxylic acids is 2. The third-order valence-corrected chi connectivity index (χ3v) is 6.56. The summed E-state index contributed by atoms with van der Waals surface area (Å²) in [6.45, 7) is 4.21. The lowest BCUT2D eigenvalue weighted by Gasteiger charge is -2.35. The molecule has 0 unspecified atom stereocenters. The van der Waals surface area contributed by atoms with Gasteiger partial charge in [-0.05, 0) is 31.0 Å². The van der Waals surface area contributed by atoms with E-state index in [4.69, 9.17) is 11.6 Å². The van der Waals surface area contributed by atoms with E-state index in [0.717, 1.165) is 62.6 Å². The van der Waals surface area contributed by atoms with Crippen molar-refractivity contribution in [3.63, 3.8) is 0 Å². The summed E-state index contributed by atoms with van der Waals surface area (Å²) in [7, 11) is 0. The minimum Gasteiger partial charge on any atom is -0.360 e. The van der Waals surface area contributed by atoms with E-state index in [2.05, 4.69) is 11.0 Å². The summed E-state index contributed by atoms with van der Waals surface area (Å²) < 4.78 is 0. The Morgan fingerprint density at radius 2 is 1.81 bits per heavy atom. The quantitative estimate of drug-likeness (QED) is 0.817. The molecule has 2 saturated heterocycles. The topological polar surface area (TPSA) is 45.1 Å². The van der Waals surface area contributed by atoms with Gasteiger partial charge in [-0.15, -0.1) is 0 Å². The van der Waals surface area contributed by atoms with Crippen molar-refractivity contribution in [1.82, 2.24) is 4.90 Å². The molecule has 1 aromatic carbocycles. The van der Waals surface area contributed by atoms with Gasteiger partial charge in [-0.1, -0.05) is 36.9 Å². The largest absolute Gasteiger partial charge is 0.360 e. The zero-order valence-corrected chi connectivity index (χ0v) is 15.9. The monoisotopic (exact) mass is 376 g/mol. The number of carbonyl (C=O) groups is 2. The first-order chi connectivity index (χ1) is 12.6. The Morgan fingerprint density at radius 1 is 1.08 bits per heavy atom. The average Bonchev–Trinajstić information content (AvgIpc) is 2.87. The van der Waals surface area contributed by atoms with Crippen molar-refractivity contribution < 1.29 is 14.5 Å². The molecule has 2 heterocycles. The second-order valence-electron chi connectivity index (χ2n) is 8.02. The van der Waals surface area contributed by atoms with Gasteiger partial charge in [-0.3, -0.25) is 9.59 Å². The van der Waals surface area contributed by atoms with E-state index in [1.807, 2.05) is 18.2 Å². The highest BCUT2D eigenvalue weighted by Gasteiger charge is 2.52. The number of nitrogens with zero attached hydrogens (tertiary/aromatic N) is 2. The Bertz CT molecular complexity index is 694. The van der Waals surface area contributed by atoms with Gasteiger partial charge in [0.2, 0.25) is 11.8 Å². The van der Waals surface area contributed by atoms with Crippen LogP contribution in [0.3, 0.4) is 0 Å². The van der Waals surface area contributed by atoms with E-state index in [1.54, 1.807) is 4.90 Å². The molecule has 0 bridgehead atoms. The minimum atomic E-state index is -0.364. The Kier molecular flexibility index (Phi) is 4.93. The number of quaternary nitrogens is 1. The van der Waals surface area contributed by atoms with Crippen molar-refractivity contribution in [2.75, 3.05) is 37.7 Å². The van der Waals surface area contributed by atoms with Crippen LogP contribution in [0.15, 0.2) is 24.3 Å². The first kappa shape index (κ1) is 17.8. The van der Waals surface area contributed by atoms with Crippen LogP contribution in [-0.2, 0) is 9.59 Å². The van der Waals surface area contributed by atoms with Crippen LogP contribution in [0.4, 0.5) is 5.69 Å². The molecule has 0 aromatic heterocycles. The normalized spacial score (nSPS) is 23.9. The Hall–Kier alpha value is -1.59. The summed E-state index contributed by atoms with van der Waals surface area (Å²) >= 11 is 6.10. The number of amides is 2. The van der Waals surface area contributed by atoms with Gasteiger partial charge in [0.05, 0.1) is 31.6 Å². The third-order valence-electron chi connectivity index (χ3n) is 6.33. The van der Waals surface area contributed by atoms with Gasteiger partial charge in [-0.2, -0.15) is 0 Å². The zero-order valence-electron chi connectivity index (χ0n) is 15.2. The van der Waals surface area contributed by atoms with E-state index >= 15 is 0 Å². The fourth-order valence-electron chi connectivity index (χ4n) is 4.77. The molecule has 0 atom stereocenters. The number of nitrogens with one attached hydrogen (secondary N) is 1. The summed E-state index contributed by atoms with van der Waals surface area (Å²) in [5, 5.41) is 0.753. The summed E-state index contributed by atoms with van der Waals surface area (Å²) in [5.74, 6) is 0.147. The average molecular weight is 377 g/mol. The Labute approximate surface area is 159 Å². The van der Waals surface area contributed by atoms with Gasteiger partial charge in [0.1, 0.15) is 0 Å². The number of rotatable bonds is 3. The summed E-state index contributed by atoms with van der Waals surface area (Å²) in [4.78, 5) is 30.7. The number of benzene rings is 1. The van der Waals surface area contributed by atoms with Gasteiger partial charge >= 0.3 is 0 Å². The van der Waals surface area contributed by atoms with Gasteiger partial charge in [-0.25, -0.2) is 4.90 Å². The van der Waals surface area contributed by atoms with Crippen LogP contribution >= 0.6 is 11.6 Å². The maximum Gasteiger partial charge on any atom is 0.240 e. The Morgan fingerprint density at radius 3 is 2.50 bits per heavy atom. The van der Waals surface area contributed by atoms with Crippen LogP contribution in [0.1, 0.15) is 38.5 Å².